The Hall–Kier alpha value is -1.54. The number of hydrogen-bond acceptors (Lipinski definition) is 7. The summed E-state index contributed by atoms with van der Waals surface area (Å²) >= 11 is 2.85. The molecule has 2 aromatic heterocycles. The number of anilines is 1. The fraction of sp³-hybridized carbons (Fsp3) is 0.562. The van der Waals surface area contributed by atoms with Crippen LogP contribution in [0.1, 0.15) is 39.4 Å². The van der Waals surface area contributed by atoms with Crippen molar-refractivity contribution in [2.24, 2.45) is 5.92 Å². The van der Waals surface area contributed by atoms with Crippen LogP contribution in [-0.2, 0) is 11.3 Å². The zero-order chi connectivity index (χ0) is 17.4. The fourth-order valence-corrected chi connectivity index (χ4v) is 3.57. The molecule has 0 saturated heterocycles. The van der Waals surface area contributed by atoms with Gasteiger partial charge in [-0.05, 0) is 37.8 Å². The molecule has 2 N–H and O–H groups in total. The first-order chi connectivity index (χ1) is 11.5. The molecule has 2 rings (SSSR count). The Balaban J connectivity index is 1.67. The van der Waals surface area contributed by atoms with E-state index in [1.54, 1.807) is 6.26 Å². The van der Waals surface area contributed by atoms with Crippen molar-refractivity contribution in [3.05, 3.63) is 24.2 Å². The van der Waals surface area contributed by atoms with Gasteiger partial charge in [-0.3, -0.25) is 4.79 Å². The highest BCUT2D eigenvalue weighted by atomic mass is 32.2. The van der Waals surface area contributed by atoms with Crippen LogP contribution in [-0.4, -0.2) is 27.9 Å². The maximum atomic E-state index is 12.0. The third-order valence-corrected chi connectivity index (χ3v) is 5.33. The normalized spacial score (nSPS) is 12.3. The first-order valence-electron chi connectivity index (χ1n) is 8.05. The van der Waals surface area contributed by atoms with Crippen molar-refractivity contribution in [2.45, 2.75) is 50.5 Å². The van der Waals surface area contributed by atoms with Gasteiger partial charge in [0.15, 0.2) is 4.34 Å². The maximum Gasteiger partial charge on any atom is 0.230 e. The average molecular weight is 369 g/mol. The molecule has 0 radical (unpaired) electrons. The van der Waals surface area contributed by atoms with Crippen molar-refractivity contribution in [1.82, 2.24) is 15.5 Å². The standard InChI is InChI=1S/C16H24N4O2S2/c1-11(2)6-7-12(3)18-14(21)10-23-16-20-19-15(24-16)17-9-13-5-4-8-22-13/h4-5,8,11-12H,6-7,9-10H2,1-3H3,(H,17,19)(H,18,21)/t12-/m1/s1. The van der Waals surface area contributed by atoms with Crippen molar-refractivity contribution in [3.63, 3.8) is 0 Å². The molecule has 0 aliphatic carbocycles. The summed E-state index contributed by atoms with van der Waals surface area (Å²) in [6.07, 6.45) is 3.77. The Morgan fingerprint density at radius 3 is 2.88 bits per heavy atom. The summed E-state index contributed by atoms with van der Waals surface area (Å²) in [5.74, 6) is 1.90. The minimum absolute atomic E-state index is 0.0385. The van der Waals surface area contributed by atoms with Gasteiger partial charge in [0.1, 0.15) is 5.76 Å². The van der Waals surface area contributed by atoms with Gasteiger partial charge in [-0.1, -0.05) is 36.9 Å². The molecule has 132 valence electrons. The van der Waals surface area contributed by atoms with E-state index in [2.05, 4.69) is 34.7 Å². The van der Waals surface area contributed by atoms with Crippen LogP contribution in [0.25, 0.3) is 0 Å². The molecule has 0 spiro atoms. The quantitative estimate of drug-likeness (QED) is 0.621. The molecule has 2 heterocycles. The summed E-state index contributed by atoms with van der Waals surface area (Å²) in [5, 5.41) is 15.1. The van der Waals surface area contributed by atoms with Crippen molar-refractivity contribution in [3.8, 4) is 0 Å². The van der Waals surface area contributed by atoms with E-state index in [1.807, 2.05) is 19.1 Å². The molecule has 0 aromatic carbocycles. The van der Waals surface area contributed by atoms with E-state index in [0.717, 1.165) is 28.1 Å². The van der Waals surface area contributed by atoms with Crippen LogP contribution in [0.5, 0.6) is 0 Å². The van der Waals surface area contributed by atoms with Gasteiger partial charge in [0.05, 0.1) is 18.6 Å². The van der Waals surface area contributed by atoms with E-state index in [1.165, 1.54) is 23.1 Å². The van der Waals surface area contributed by atoms with Crippen molar-refractivity contribution >= 4 is 34.1 Å². The minimum atomic E-state index is 0.0385. The molecule has 0 aliphatic heterocycles. The number of furan rings is 1. The topological polar surface area (TPSA) is 80.0 Å². The first-order valence-corrected chi connectivity index (χ1v) is 9.85. The summed E-state index contributed by atoms with van der Waals surface area (Å²) in [6.45, 7) is 7.00. The van der Waals surface area contributed by atoms with Crippen LogP contribution in [0.15, 0.2) is 27.2 Å². The predicted octanol–water partition coefficient (Wildman–Crippen LogP) is 3.78. The van der Waals surface area contributed by atoms with Crippen LogP contribution >= 0.6 is 23.1 Å². The SMILES string of the molecule is CC(C)CC[C@@H](C)NC(=O)CSc1nnc(NCc2ccco2)s1. The molecule has 0 bridgehead atoms. The molecule has 0 aliphatic rings. The lowest BCUT2D eigenvalue weighted by molar-refractivity contribution is -0.119. The highest BCUT2D eigenvalue weighted by Crippen LogP contribution is 2.25. The Morgan fingerprint density at radius 1 is 1.33 bits per heavy atom. The molecule has 6 nitrogen and oxygen atoms in total. The van der Waals surface area contributed by atoms with E-state index in [9.17, 15) is 4.79 Å². The second-order valence-corrected chi connectivity index (χ2v) is 8.23. The summed E-state index contributed by atoms with van der Waals surface area (Å²) in [7, 11) is 0. The van der Waals surface area contributed by atoms with Crippen molar-refractivity contribution < 1.29 is 9.21 Å². The van der Waals surface area contributed by atoms with E-state index < -0.39 is 0 Å². The third kappa shape index (κ3) is 6.92. The molecule has 0 saturated carbocycles. The van der Waals surface area contributed by atoms with E-state index in [4.69, 9.17) is 4.42 Å². The van der Waals surface area contributed by atoms with Gasteiger partial charge in [0.25, 0.3) is 0 Å². The smallest absolute Gasteiger partial charge is 0.230 e. The average Bonchev–Trinajstić information content (AvgIpc) is 3.20. The van der Waals surface area contributed by atoms with Crippen LogP contribution in [0.4, 0.5) is 5.13 Å². The molecular formula is C16H24N4O2S2. The lowest BCUT2D eigenvalue weighted by Crippen LogP contribution is -2.33. The van der Waals surface area contributed by atoms with Gasteiger partial charge in [-0.2, -0.15) is 0 Å². The number of nitrogens with one attached hydrogen (secondary N) is 2. The minimum Gasteiger partial charge on any atom is -0.467 e. The van der Waals surface area contributed by atoms with E-state index in [-0.39, 0.29) is 11.9 Å². The zero-order valence-corrected chi connectivity index (χ0v) is 15.9. The molecule has 8 heteroatoms. The predicted molar refractivity (Wildman–Crippen MR) is 98.3 cm³/mol. The van der Waals surface area contributed by atoms with Crippen LogP contribution in [0.2, 0.25) is 0 Å². The maximum absolute atomic E-state index is 12.0. The Labute approximate surface area is 150 Å². The van der Waals surface area contributed by atoms with Crippen LogP contribution < -0.4 is 10.6 Å². The Kier molecular flexibility index (Phi) is 7.58. The summed E-state index contributed by atoms with van der Waals surface area (Å²) in [4.78, 5) is 12.0. The van der Waals surface area contributed by atoms with Gasteiger partial charge >= 0.3 is 0 Å². The molecule has 0 unspecified atom stereocenters. The van der Waals surface area contributed by atoms with E-state index in [0.29, 0.717) is 18.2 Å². The summed E-state index contributed by atoms with van der Waals surface area (Å²) in [6, 6.07) is 3.95. The second kappa shape index (κ2) is 9.68. The van der Waals surface area contributed by atoms with Gasteiger partial charge < -0.3 is 15.1 Å². The largest absolute Gasteiger partial charge is 0.467 e. The van der Waals surface area contributed by atoms with Crippen molar-refractivity contribution in [1.29, 1.82) is 0 Å². The second-order valence-electron chi connectivity index (χ2n) is 6.03. The highest BCUT2D eigenvalue weighted by molar-refractivity contribution is 8.01. The number of thioether (sulfide) groups is 1. The number of carbonyl (C=O) groups excluding carboxylic acids is 1. The lowest BCUT2D eigenvalue weighted by atomic mass is 10.0. The number of nitrogens with zero attached hydrogens (tertiary/aromatic N) is 2. The Bertz CT molecular complexity index is 613. The number of hydrogen-bond donors (Lipinski definition) is 2. The first kappa shape index (κ1) is 18.8. The van der Waals surface area contributed by atoms with Crippen LogP contribution in [0, 0.1) is 5.92 Å². The van der Waals surface area contributed by atoms with Gasteiger partial charge in [-0.15, -0.1) is 10.2 Å². The molecule has 24 heavy (non-hydrogen) atoms. The number of rotatable bonds is 10. The molecule has 2 aromatic rings. The fourth-order valence-electron chi connectivity index (χ4n) is 2.01. The number of aromatic nitrogens is 2. The summed E-state index contributed by atoms with van der Waals surface area (Å²) < 4.78 is 6.03. The molecule has 0 fully saturated rings. The van der Waals surface area contributed by atoms with Gasteiger partial charge in [0.2, 0.25) is 11.0 Å². The zero-order valence-electron chi connectivity index (χ0n) is 14.2. The molecule has 1 atom stereocenters. The van der Waals surface area contributed by atoms with Gasteiger partial charge in [0, 0.05) is 6.04 Å². The Morgan fingerprint density at radius 2 is 2.17 bits per heavy atom. The van der Waals surface area contributed by atoms with E-state index >= 15 is 0 Å². The third-order valence-electron chi connectivity index (χ3n) is 3.31. The highest BCUT2D eigenvalue weighted by Gasteiger charge is 2.11. The molecular weight excluding hydrogens is 344 g/mol. The monoisotopic (exact) mass is 368 g/mol. The summed E-state index contributed by atoms with van der Waals surface area (Å²) in [5.41, 5.74) is 0. The van der Waals surface area contributed by atoms with Crippen molar-refractivity contribution in [2.75, 3.05) is 11.1 Å². The number of amides is 1. The number of carbonyl (C=O) groups is 1. The van der Waals surface area contributed by atoms with Crippen LogP contribution in [0.3, 0.4) is 0 Å². The van der Waals surface area contributed by atoms with Gasteiger partial charge in [-0.25, -0.2) is 0 Å². The lowest BCUT2D eigenvalue weighted by Gasteiger charge is -2.14. The molecule has 1 amide bonds.